The van der Waals surface area contributed by atoms with Gasteiger partial charge in [-0.1, -0.05) is 17.7 Å². The number of nitrogens with one attached hydrogen (secondary N) is 1. The van der Waals surface area contributed by atoms with Gasteiger partial charge in [-0.25, -0.2) is 0 Å². The molecule has 1 aliphatic rings. The molecule has 0 aliphatic carbocycles. The first kappa shape index (κ1) is 26.6. The number of carbonyl (C=O) groups is 1. The third kappa shape index (κ3) is 7.26. The zero-order valence-electron chi connectivity index (χ0n) is 18.7. The lowest BCUT2D eigenvalue weighted by atomic mass is 10.1. The molecule has 3 N–H and O–H groups in total. The summed E-state index contributed by atoms with van der Waals surface area (Å²) in [5.74, 6) is -0.288. The number of rotatable bonds is 9. The van der Waals surface area contributed by atoms with E-state index in [-0.39, 0.29) is 18.7 Å². The van der Waals surface area contributed by atoms with Gasteiger partial charge in [-0.05, 0) is 73.9 Å². The second kappa shape index (κ2) is 11.6. The molecule has 1 aliphatic heterocycles. The summed E-state index contributed by atoms with van der Waals surface area (Å²) < 4.78 is 55.7. The summed E-state index contributed by atoms with van der Waals surface area (Å²) >= 11 is 4.78. The smallest absolute Gasteiger partial charge is 0.573 e. The molecule has 6 nitrogen and oxygen atoms in total. The molecule has 1 heterocycles. The van der Waals surface area contributed by atoms with Crippen LogP contribution in [0, 0.1) is 5.92 Å². The summed E-state index contributed by atoms with van der Waals surface area (Å²) in [4.78, 5) is 15.3. The average molecular weight is 518 g/mol. The Morgan fingerprint density at radius 1 is 1.29 bits per heavy atom. The molecule has 0 bridgehead atoms. The topological polar surface area (TPSA) is 90.7 Å². The SMILES string of the molecule is CC[S+]([O-])c1ccc(Cl)cc1CNC(=O)c1ccc(CN2CC[C@@H](CN)C2)c(OC(F)(F)F)c1. The van der Waals surface area contributed by atoms with Gasteiger partial charge in [-0.3, -0.25) is 9.69 Å². The van der Waals surface area contributed by atoms with Gasteiger partial charge in [-0.2, -0.15) is 0 Å². The monoisotopic (exact) mass is 517 g/mol. The summed E-state index contributed by atoms with van der Waals surface area (Å²) in [7, 11) is 0. The van der Waals surface area contributed by atoms with Crippen LogP contribution in [0.15, 0.2) is 41.3 Å². The number of alkyl halides is 3. The summed E-state index contributed by atoms with van der Waals surface area (Å²) in [5.41, 5.74) is 6.63. The number of hydrogen-bond acceptors (Lipinski definition) is 5. The van der Waals surface area contributed by atoms with E-state index in [2.05, 4.69) is 10.1 Å². The fraction of sp³-hybridized carbons (Fsp3) is 0.435. The van der Waals surface area contributed by atoms with Crippen LogP contribution >= 0.6 is 11.6 Å². The van der Waals surface area contributed by atoms with Crippen molar-refractivity contribution >= 4 is 28.7 Å². The van der Waals surface area contributed by atoms with E-state index in [0.29, 0.717) is 45.8 Å². The predicted octanol–water partition coefficient (Wildman–Crippen LogP) is 4.08. The second-order valence-corrected chi connectivity index (χ2v) is 10.2. The van der Waals surface area contributed by atoms with Gasteiger partial charge >= 0.3 is 6.36 Å². The van der Waals surface area contributed by atoms with E-state index in [1.807, 2.05) is 4.90 Å². The zero-order chi connectivity index (χ0) is 24.9. The normalized spacial score (nSPS) is 17.6. The molecule has 0 radical (unpaired) electrons. The first-order valence-corrected chi connectivity index (χ1v) is 12.6. The van der Waals surface area contributed by atoms with Crippen molar-refractivity contribution in [3.8, 4) is 5.75 Å². The van der Waals surface area contributed by atoms with Gasteiger partial charge in [0.1, 0.15) is 11.5 Å². The largest absolute Gasteiger partial charge is 0.611 e. The standard InChI is InChI=1S/C23H27ClF3N3O3S/c1-2-34(32)21-6-5-19(24)9-18(21)12-29-22(31)16-3-4-17(20(10-16)33-23(25,26)27)14-30-8-7-15(11-28)13-30/h3-6,9-10,15H,2,7-8,11-14,28H2,1H3,(H,29,31)/t15-,34?/m0/s1. The zero-order valence-corrected chi connectivity index (χ0v) is 20.2. The van der Waals surface area contributed by atoms with Crippen molar-refractivity contribution in [2.75, 3.05) is 25.4 Å². The van der Waals surface area contributed by atoms with Crippen molar-refractivity contribution in [2.24, 2.45) is 11.7 Å². The maximum atomic E-state index is 13.1. The minimum atomic E-state index is -4.89. The van der Waals surface area contributed by atoms with Crippen LogP contribution in [-0.4, -0.2) is 47.1 Å². The van der Waals surface area contributed by atoms with Crippen LogP contribution < -0.4 is 15.8 Å². The quantitative estimate of drug-likeness (QED) is 0.489. The minimum Gasteiger partial charge on any atom is -0.611 e. The number of carbonyl (C=O) groups excluding carboxylic acids is 1. The Kier molecular flexibility index (Phi) is 9.11. The van der Waals surface area contributed by atoms with Crippen LogP contribution in [0.25, 0.3) is 0 Å². The molecule has 1 saturated heterocycles. The van der Waals surface area contributed by atoms with Gasteiger partial charge in [-0.15, -0.1) is 13.2 Å². The van der Waals surface area contributed by atoms with Gasteiger partial charge in [0.25, 0.3) is 5.91 Å². The van der Waals surface area contributed by atoms with Crippen molar-refractivity contribution in [1.82, 2.24) is 10.2 Å². The summed E-state index contributed by atoms with van der Waals surface area (Å²) in [5, 5.41) is 3.09. The highest BCUT2D eigenvalue weighted by Gasteiger charge is 2.33. The van der Waals surface area contributed by atoms with Crippen molar-refractivity contribution in [3.05, 3.63) is 58.1 Å². The number of nitrogens with zero attached hydrogens (tertiary/aromatic N) is 1. The van der Waals surface area contributed by atoms with Crippen LogP contribution in [-0.2, 0) is 24.3 Å². The predicted molar refractivity (Wildman–Crippen MR) is 125 cm³/mol. The minimum absolute atomic E-state index is 0.0180. The lowest BCUT2D eigenvalue weighted by molar-refractivity contribution is -0.275. The first-order chi connectivity index (χ1) is 16.1. The molecule has 1 unspecified atom stereocenters. The Morgan fingerprint density at radius 2 is 2.06 bits per heavy atom. The number of ether oxygens (including phenoxy) is 1. The van der Waals surface area contributed by atoms with Crippen molar-refractivity contribution in [1.29, 1.82) is 0 Å². The molecule has 0 saturated carbocycles. The van der Waals surface area contributed by atoms with Gasteiger partial charge < -0.3 is 20.3 Å². The van der Waals surface area contributed by atoms with Gasteiger partial charge in [0.15, 0.2) is 4.90 Å². The van der Waals surface area contributed by atoms with Crippen molar-refractivity contribution in [3.63, 3.8) is 0 Å². The maximum absolute atomic E-state index is 13.1. The molecule has 1 amide bonds. The fourth-order valence-corrected chi connectivity index (χ4v) is 5.03. The molecule has 2 atom stereocenters. The van der Waals surface area contributed by atoms with E-state index in [0.717, 1.165) is 19.0 Å². The highest BCUT2D eigenvalue weighted by atomic mass is 35.5. The number of nitrogens with two attached hydrogens (primary N) is 1. The lowest BCUT2D eigenvalue weighted by Gasteiger charge is -2.20. The second-order valence-electron chi connectivity index (χ2n) is 8.06. The van der Waals surface area contributed by atoms with Crippen molar-refractivity contribution < 1.29 is 27.3 Å². The molecule has 186 valence electrons. The number of halogens is 4. The first-order valence-electron chi connectivity index (χ1n) is 10.9. The van der Waals surface area contributed by atoms with Crippen LogP contribution in [0.3, 0.4) is 0 Å². The molecular weight excluding hydrogens is 491 g/mol. The van der Waals surface area contributed by atoms with E-state index in [1.165, 1.54) is 12.1 Å². The molecular formula is C23H27ClF3N3O3S. The van der Waals surface area contributed by atoms with E-state index in [1.54, 1.807) is 25.1 Å². The molecule has 2 aromatic carbocycles. The Hall–Kier alpha value is -1.98. The maximum Gasteiger partial charge on any atom is 0.573 e. The Balaban J connectivity index is 1.77. The van der Waals surface area contributed by atoms with Gasteiger partial charge in [0.05, 0.1) is 0 Å². The third-order valence-corrected chi connectivity index (χ3v) is 7.27. The third-order valence-electron chi connectivity index (χ3n) is 5.62. The molecule has 34 heavy (non-hydrogen) atoms. The average Bonchev–Trinajstić information content (AvgIpc) is 3.24. The van der Waals surface area contributed by atoms with Crippen molar-refractivity contribution in [2.45, 2.75) is 37.7 Å². The van der Waals surface area contributed by atoms with Crippen LogP contribution in [0.5, 0.6) is 5.75 Å². The number of benzene rings is 2. The highest BCUT2D eigenvalue weighted by Crippen LogP contribution is 2.30. The molecule has 1 fully saturated rings. The Morgan fingerprint density at radius 3 is 2.71 bits per heavy atom. The van der Waals surface area contributed by atoms with Crippen LogP contribution in [0.2, 0.25) is 5.02 Å². The number of likely N-dealkylation sites (tertiary alicyclic amines) is 1. The molecule has 0 aromatic heterocycles. The van der Waals surface area contributed by atoms with Crippen LogP contribution in [0.4, 0.5) is 13.2 Å². The van der Waals surface area contributed by atoms with Gasteiger partial charge in [0, 0.05) is 41.3 Å². The Bertz CT molecular complexity index is 1010. The molecule has 11 heteroatoms. The molecule has 2 aromatic rings. The van der Waals surface area contributed by atoms with E-state index >= 15 is 0 Å². The van der Waals surface area contributed by atoms with E-state index in [4.69, 9.17) is 17.3 Å². The van der Waals surface area contributed by atoms with E-state index in [9.17, 15) is 22.5 Å². The summed E-state index contributed by atoms with van der Waals surface area (Å²) in [6.45, 7) is 4.02. The van der Waals surface area contributed by atoms with Gasteiger partial charge in [0.2, 0.25) is 0 Å². The molecule has 3 rings (SSSR count). The Labute approximate surface area is 204 Å². The van der Waals surface area contributed by atoms with Crippen LogP contribution in [0.1, 0.15) is 34.8 Å². The summed E-state index contributed by atoms with van der Waals surface area (Å²) in [6, 6.07) is 8.90. The fourth-order valence-electron chi connectivity index (χ4n) is 3.88. The van der Waals surface area contributed by atoms with E-state index < -0.39 is 29.2 Å². The number of hydrogen-bond donors (Lipinski definition) is 2. The lowest BCUT2D eigenvalue weighted by Crippen LogP contribution is -2.26. The highest BCUT2D eigenvalue weighted by molar-refractivity contribution is 7.91. The molecule has 0 spiro atoms. The summed E-state index contributed by atoms with van der Waals surface area (Å²) in [6.07, 6.45) is -4.00. The number of amides is 1.